The largest absolute Gasteiger partial charge is 0.497 e. The highest BCUT2D eigenvalue weighted by molar-refractivity contribution is 5.67. The van der Waals surface area contributed by atoms with E-state index in [0.29, 0.717) is 18.7 Å². The number of β-amino-alcohol motifs (C(OH)–C–C–N with tert-alkyl or cyclic N) is 1. The molecule has 8 heteroatoms. The predicted molar refractivity (Wildman–Crippen MR) is 93.6 cm³/mol. The number of aromatic nitrogens is 2. The number of benzene rings is 1. The third-order valence-electron chi connectivity index (χ3n) is 4.26. The number of amides is 1. The van der Waals surface area contributed by atoms with E-state index >= 15 is 0 Å². The molecule has 1 aliphatic rings. The van der Waals surface area contributed by atoms with Gasteiger partial charge in [0.25, 0.3) is 0 Å². The van der Waals surface area contributed by atoms with Crippen molar-refractivity contribution in [1.82, 2.24) is 20.8 Å². The lowest BCUT2D eigenvalue weighted by Gasteiger charge is -2.22. The Bertz CT molecular complexity index is 711. The zero-order valence-corrected chi connectivity index (χ0v) is 14.5. The number of alkyl carbamates (subject to hydrolysis) is 1. The summed E-state index contributed by atoms with van der Waals surface area (Å²) in [4.78, 5) is 12.1. The summed E-state index contributed by atoms with van der Waals surface area (Å²) in [6.45, 7) is 0.592. The van der Waals surface area contributed by atoms with E-state index < -0.39 is 18.3 Å². The second kappa shape index (κ2) is 8.59. The monoisotopic (exact) mass is 358 g/mol. The summed E-state index contributed by atoms with van der Waals surface area (Å²) in [7, 11) is 1.62. The van der Waals surface area contributed by atoms with Crippen molar-refractivity contribution in [1.29, 1.82) is 0 Å². The van der Waals surface area contributed by atoms with Crippen LogP contribution in [0.2, 0.25) is 0 Å². The Kier molecular flexibility index (Phi) is 5.98. The first-order chi connectivity index (χ1) is 12.7. The van der Waals surface area contributed by atoms with Crippen LogP contribution in [0, 0.1) is 0 Å². The maximum Gasteiger partial charge on any atom is 0.407 e. The highest BCUT2D eigenvalue weighted by Crippen LogP contribution is 2.19. The molecule has 8 nitrogen and oxygen atoms in total. The van der Waals surface area contributed by atoms with Crippen LogP contribution in [0.25, 0.3) is 0 Å². The molecule has 138 valence electrons. The molecule has 3 rings (SSSR count). The Labute approximate surface area is 151 Å². The van der Waals surface area contributed by atoms with E-state index in [-0.39, 0.29) is 12.6 Å². The number of aliphatic hydroxyl groups excluding tert-OH is 1. The number of hydrogen-bond donors (Lipinski definition) is 3. The number of carbonyl (C=O) groups is 1. The number of methoxy groups -OCH3 is 1. The smallest absolute Gasteiger partial charge is 0.407 e. The lowest BCUT2D eigenvalue weighted by atomic mass is 10.0. The minimum absolute atomic E-state index is 0.166. The van der Waals surface area contributed by atoms with Crippen LogP contribution in [0.1, 0.15) is 11.3 Å². The Hall–Kier alpha value is -2.71. The standard InChI is InChI=1S/C18H22N4O4/c1-25-14-6-4-12(5-7-14)9-15-17(16(23)11-19-15)26-18(24)20-10-13-3-2-8-21-22-13/h2-8,15-17,19,23H,9-11H2,1H3,(H,20,24)/t15-,16+,17+/m1/s1. The summed E-state index contributed by atoms with van der Waals surface area (Å²) in [5, 5.41) is 23.6. The van der Waals surface area contributed by atoms with E-state index in [4.69, 9.17) is 9.47 Å². The van der Waals surface area contributed by atoms with Crippen LogP contribution in [0.4, 0.5) is 4.79 Å². The zero-order valence-electron chi connectivity index (χ0n) is 14.5. The number of ether oxygens (including phenoxy) is 2. The molecule has 0 saturated carbocycles. The quantitative estimate of drug-likeness (QED) is 0.696. The lowest BCUT2D eigenvalue weighted by molar-refractivity contribution is 0.0187. The van der Waals surface area contributed by atoms with Crippen LogP contribution in [-0.4, -0.2) is 53.3 Å². The lowest BCUT2D eigenvalue weighted by Crippen LogP contribution is -2.41. The van der Waals surface area contributed by atoms with Gasteiger partial charge in [0.05, 0.1) is 25.4 Å². The van der Waals surface area contributed by atoms with Gasteiger partial charge in [0.1, 0.15) is 18.0 Å². The van der Waals surface area contributed by atoms with Gasteiger partial charge in [-0.05, 0) is 36.2 Å². The van der Waals surface area contributed by atoms with Gasteiger partial charge in [0, 0.05) is 12.7 Å². The van der Waals surface area contributed by atoms with Gasteiger partial charge in [-0.1, -0.05) is 12.1 Å². The molecule has 0 radical (unpaired) electrons. The minimum Gasteiger partial charge on any atom is -0.497 e. The van der Waals surface area contributed by atoms with Crippen LogP contribution in [-0.2, 0) is 17.7 Å². The summed E-state index contributed by atoms with van der Waals surface area (Å²) >= 11 is 0. The van der Waals surface area contributed by atoms with Crippen molar-refractivity contribution in [3.63, 3.8) is 0 Å². The molecule has 0 unspecified atom stereocenters. The van der Waals surface area contributed by atoms with Crippen LogP contribution < -0.4 is 15.4 Å². The minimum atomic E-state index is -0.750. The van der Waals surface area contributed by atoms with Gasteiger partial charge in [0.2, 0.25) is 0 Å². The summed E-state index contributed by atoms with van der Waals surface area (Å²) in [5.41, 5.74) is 1.69. The zero-order chi connectivity index (χ0) is 18.4. The third-order valence-corrected chi connectivity index (χ3v) is 4.26. The first-order valence-electron chi connectivity index (χ1n) is 8.41. The van der Waals surface area contributed by atoms with Crippen molar-refractivity contribution in [2.24, 2.45) is 0 Å². The van der Waals surface area contributed by atoms with Crippen molar-refractivity contribution in [3.05, 3.63) is 53.9 Å². The average Bonchev–Trinajstić information content (AvgIpc) is 3.01. The van der Waals surface area contributed by atoms with Gasteiger partial charge >= 0.3 is 6.09 Å². The molecule has 1 amide bonds. The molecule has 1 saturated heterocycles. The number of rotatable bonds is 6. The second-order valence-corrected chi connectivity index (χ2v) is 6.07. The fraction of sp³-hybridized carbons (Fsp3) is 0.389. The second-order valence-electron chi connectivity index (χ2n) is 6.07. The molecule has 3 N–H and O–H groups in total. The van der Waals surface area contributed by atoms with E-state index in [9.17, 15) is 9.90 Å². The molecule has 1 fully saturated rings. The topological polar surface area (TPSA) is 106 Å². The molecule has 0 aliphatic carbocycles. The first kappa shape index (κ1) is 18.1. The van der Waals surface area contributed by atoms with E-state index in [1.54, 1.807) is 25.4 Å². The van der Waals surface area contributed by atoms with Gasteiger partial charge in [-0.3, -0.25) is 0 Å². The average molecular weight is 358 g/mol. The van der Waals surface area contributed by atoms with E-state index in [1.165, 1.54) is 0 Å². The molecule has 1 aliphatic heterocycles. The Balaban J connectivity index is 1.54. The summed E-state index contributed by atoms with van der Waals surface area (Å²) < 4.78 is 10.6. The summed E-state index contributed by atoms with van der Waals surface area (Å²) in [6.07, 6.45) is 0.220. The summed E-state index contributed by atoms with van der Waals surface area (Å²) in [5.74, 6) is 0.782. The first-order valence-corrected chi connectivity index (χ1v) is 8.41. The number of carbonyl (C=O) groups excluding carboxylic acids is 1. The molecule has 0 spiro atoms. The van der Waals surface area contributed by atoms with Crippen molar-refractivity contribution in [3.8, 4) is 5.75 Å². The molecule has 2 aromatic rings. The highest BCUT2D eigenvalue weighted by atomic mass is 16.6. The number of nitrogens with one attached hydrogen (secondary N) is 2. The Morgan fingerprint density at radius 2 is 2.15 bits per heavy atom. The van der Waals surface area contributed by atoms with Crippen molar-refractivity contribution in [2.45, 2.75) is 31.2 Å². The van der Waals surface area contributed by atoms with Crippen LogP contribution in [0.5, 0.6) is 5.75 Å². The predicted octanol–water partition coefficient (Wildman–Crippen LogP) is 0.655. The molecule has 26 heavy (non-hydrogen) atoms. The van der Waals surface area contributed by atoms with Gasteiger partial charge in [-0.15, -0.1) is 0 Å². The van der Waals surface area contributed by atoms with Crippen LogP contribution >= 0.6 is 0 Å². The third kappa shape index (κ3) is 4.68. The van der Waals surface area contributed by atoms with E-state index in [1.807, 2.05) is 24.3 Å². The number of nitrogens with zero attached hydrogens (tertiary/aromatic N) is 2. The Morgan fingerprint density at radius 3 is 2.85 bits per heavy atom. The molecule has 1 aromatic carbocycles. The van der Waals surface area contributed by atoms with Gasteiger partial charge in [-0.2, -0.15) is 10.2 Å². The molecular weight excluding hydrogens is 336 g/mol. The SMILES string of the molecule is COc1ccc(C[C@H]2NC[C@H](O)[C@H]2OC(=O)NCc2cccnn2)cc1. The molecule has 3 atom stereocenters. The maximum absolute atomic E-state index is 12.1. The van der Waals surface area contributed by atoms with Gasteiger partial charge in [-0.25, -0.2) is 4.79 Å². The van der Waals surface area contributed by atoms with Crippen LogP contribution in [0.15, 0.2) is 42.6 Å². The molecular formula is C18H22N4O4. The number of hydrogen-bond acceptors (Lipinski definition) is 7. The summed E-state index contributed by atoms with van der Waals surface area (Å²) in [6, 6.07) is 11.0. The normalized spacial score (nSPS) is 22.0. The number of aliphatic hydroxyl groups is 1. The van der Waals surface area contributed by atoms with Crippen LogP contribution in [0.3, 0.4) is 0 Å². The van der Waals surface area contributed by atoms with Gasteiger partial charge in [0.15, 0.2) is 0 Å². The fourth-order valence-corrected chi connectivity index (χ4v) is 2.89. The Morgan fingerprint density at radius 1 is 1.35 bits per heavy atom. The molecule has 0 bridgehead atoms. The fourth-order valence-electron chi connectivity index (χ4n) is 2.89. The van der Waals surface area contributed by atoms with Crippen molar-refractivity contribution >= 4 is 6.09 Å². The van der Waals surface area contributed by atoms with Crippen molar-refractivity contribution in [2.75, 3.05) is 13.7 Å². The van der Waals surface area contributed by atoms with Crippen molar-refractivity contribution < 1.29 is 19.4 Å². The maximum atomic E-state index is 12.1. The molecule has 1 aromatic heterocycles. The van der Waals surface area contributed by atoms with E-state index in [2.05, 4.69) is 20.8 Å². The highest BCUT2D eigenvalue weighted by Gasteiger charge is 2.37. The molecule has 2 heterocycles. The van der Waals surface area contributed by atoms with Gasteiger partial charge < -0.3 is 25.2 Å². The van der Waals surface area contributed by atoms with E-state index in [0.717, 1.165) is 11.3 Å².